The van der Waals surface area contributed by atoms with Gasteiger partial charge in [-0.05, 0) is 42.7 Å². The van der Waals surface area contributed by atoms with E-state index < -0.39 is 0 Å². The Morgan fingerprint density at radius 2 is 1.80 bits per heavy atom. The van der Waals surface area contributed by atoms with Crippen LogP contribution in [0.1, 0.15) is 34.0 Å². The number of aromatic nitrogens is 3. The molecule has 0 radical (unpaired) electrons. The number of hydrogen-bond donors (Lipinski definition) is 0. The van der Waals surface area contributed by atoms with Crippen LogP contribution in [0.4, 0.5) is 0 Å². The van der Waals surface area contributed by atoms with Crippen LogP contribution in [0.2, 0.25) is 0 Å². The van der Waals surface area contributed by atoms with Crippen molar-refractivity contribution in [3.8, 4) is 17.2 Å². The molecule has 0 saturated carbocycles. The molecule has 1 amide bonds. The number of fused-ring (bicyclic) bond motifs is 4. The molecule has 3 aromatic rings. The Labute approximate surface area is 173 Å². The fraction of sp³-hybridized carbons (Fsp3) is 0.261. The van der Waals surface area contributed by atoms with Gasteiger partial charge in [-0.1, -0.05) is 0 Å². The van der Waals surface area contributed by atoms with Crippen molar-refractivity contribution >= 4 is 5.91 Å². The molecule has 1 fully saturated rings. The Balaban J connectivity index is 1.51. The van der Waals surface area contributed by atoms with E-state index in [-0.39, 0.29) is 23.3 Å². The summed E-state index contributed by atoms with van der Waals surface area (Å²) in [7, 11) is 0. The van der Waals surface area contributed by atoms with Crippen molar-refractivity contribution in [2.75, 3.05) is 13.1 Å². The fourth-order valence-corrected chi connectivity index (χ4v) is 4.73. The molecule has 4 heterocycles. The Bertz CT molecular complexity index is 1210. The van der Waals surface area contributed by atoms with Crippen molar-refractivity contribution in [1.29, 1.82) is 5.26 Å². The second-order valence-corrected chi connectivity index (χ2v) is 7.91. The van der Waals surface area contributed by atoms with Gasteiger partial charge in [-0.15, -0.1) is 0 Å². The Kier molecular flexibility index (Phi) is 4.40. The van der Waals surface area contributed by atoms with E-state index in [1.807, 2.05) is 15.5 Å². The van der Waals surface area contributed by atoms with Crippen LogP contribution in [0.15, 0.2) is 59.9 Å². The van der Waals surface area contributed by atoms with Crippen LogP contribution in [0.3, 0.4) is 0 Å². The maximum absolute atomic E-state index is 13.1. The van der Waals surface area contributed by atoms with E-state index >= 15 is 0 Å². The summed E-state index contributed by atoms with van der Waals surface area (Å²) in [5, 5.41) is 8.98. The summed E-state index contributed by atoms with van der Waals surface area (Å²) in [5.74, 6) is 0.271. The summed E-state index contributed by atoms with van der Waals surface area (Å²) in [6.07, 6.45) is 5.94. The molecular formula is C23H19N5O2. The third-order valence-electron chi connectivity index (χ3n) is 6.01. The highest BCUT2D eigenvalue weighted by Gasteiger charge is 2.38. The van der Waals surface area contributed by atoms with Gasteiger partial charge in [-0.25, -0.2) is 9.97 Å². The van der Waals surface area contributed by atoms with Crippen molar-refractivity contribution in [3.63, 3.8) is 0 Å². The first-order valence-corrected chi connectivity index (χ1v) is 9.92. The molecule has 7 heteroatoms. The van der Waals surface area contributed by atoms with Gasteiger partial charge in [0.1, 0.15) is 6.33 Å². The second kappa shape index (κ2) is 7.23. The molecule has 2 bridgehead atoms. The lowest BCUT2D eigenvalue weighted by Crippen LogP contribution is -2.49. The fourth-order valence-electron chi connectivity index (χ4n) is 4.73. The zero-order valence-corrected chi connectivity index (χ0v) is 16.2. The van der Waals surface area contributed by atoms with Gasteiger partial charge in [-0.2, -0.15) is 5.26 Å². The highest BCUT2D eigenvalue weighted by molar-refractivity contribution is 5.94. The first kappa shape index (κ1) is 18.3. The quantitative estimate of drug-likeness (QED) is 0.662. The van der Waals surface area contributed by atoms with E-state index in [2.05, 4.69) is 16.0 Å². The SMILES string of the molecule is N#Cc1ccc(C(=O)N2C[C@@H]3C[C@H](C2)c2c(-c4cncnc4)ccc(=O)n2C3)cc1. The summed E-state index contributed by atoms with van der Waals surface area (Å²) in [6.45, 7) is 1.78. The van der Waals surface area contributed by atoms with Gasteiger partial charge in [0.05, 0.1) is 11.6 Å². The van der Waals surface area contributed by atoms with Crippen LogP contribution in [0, 0.1) is 17.2 Å². The maximum Gasteiger partial charge on any atom is 0.253 e. The molecule has 2 atom stereocenters. The van der Waals surface area contributed by atoms with E-state index in [1.165, 1.54) is 6.33 Å². The van der Waals surface area contributed by atoms with Crippen molar-refractivity contribution in [2.45, 2.75) is 18.9 Å². The number of amides is 1. The Morgan fingerprint density at radius 3 is 2.53 bits per heavy atom. The van der Waals surface area contributed by atoms with Crippen LogP contribution >= 0.6 is 0 Å². The summed E-state index contributed by atoms with van der Waals surface area (Å²) < 4.78 is 1.87. The van der Waals surface area contributed by atoms with E-state index in [1.54, 1.807) is 42.7 Å². The number of carbonyl (C=O) groups excluding carboxylic acids is 1. The number of pyridine rings is 1. The minimum atomic E-state index is -0.0366. The average Bonchev–Trinajstić information content (AvgIpc) is 2.80. The van der Waals surface area contributed by atoms with E-state index in [9.17, 15) is 9.59 Å². The third kappa shape index (κ3) is 3.07. The van der Waals surface area contributed by atoms with Gasteiger partial charge in [0.2, 0.25) is 0 Å². The second-order valence-electron chi connectivity index (χ2n) is 7.91. The lowest BCUT2D eigenvalue weighted by molar-refractivity contribution is 0.0595. The van der Waals surface area contributed by atoms with Gasteiger partial charge in [0.15, 0.2) is 0 Å². The number of benzene rings is 1. The highest BCUT2D eigenvalue weighted by Crippen LogP contribution is 2.39. The van der Waals surface area contributed by atoms with Crippen molar-refractivity contribution in [1.82, 2.24) is 19.4 Å². The smallest absolute Gasteiger partial charge is 0.253 e. The predicted molar refractivity (Wildman–Crippen MR) is 110 cm³/mol. The van der Waals surface area contributed by atoms with Crippen LogP contribution in [-0.2, 0) is 6.54 Å². The van der Waals surface area contributed by atoms with Crippen molar-refractivity contribution < 1.29 is 4.79 Å². The summed E-state index contributed by atoms with van der Waals surface area (Å²) in [6, 6.07) is 12.3. The van der Waals surface area contributed by atoms with Crippen molar-refractivity contribution in [2.24, 2.45) is 5.92 Å². The highest BCUT2D eigenvalue weighted by atomic mass is 16.2. The minimum absolute atomic E-state index is 0.00725. The standard InChI is InChI=1S/C23H19N5O2/c24-8-15-1-3-17(4-2-15)23(30)27-11-16-7-18(13-27)22-20(19-9-25-14-26-10-19)5-6-21(29)28(22)12-16/h1-6,9-10,14,16,18H,7,11-13H2/t16-,18+/m0/s1. The number of carbonyl (C=O) groups is 1. The van der Waals surface area contributed by atoms with Gasteiger partial charge >= 0.3 is 0 Å². The Morgan fingerprint density at radius 1 is 1.03 bits per heavy atom. The Hall–Kier alpha value is -3.79. The van der Waals surface area contributed by atoms with Crippen LogP contribution in [0.5, 0.6) is 0 Å². The van der Waals surface area contributed by atoms with Gasteiger partial charge in [-0.3, -0.25) is 9.59 Å². The van der Waals surface area contributed by atoms with E-state index in [0.29, 0.717) is 30.8 Å². The molecule has 5 rings (SSSR count). The first-order valence-electron chi connectivity index (χ1n) is 9.92. The monoisotopic (exact) mass is 397 g/mol. The molecule has 2 aromatic heterocycles. The number of hydrogen-bond acceptors (Lipinski definition) is 5. The van der Waals surface area contributed by atoms with Crippen LogP contribution in [-0.4, -0.2) is 38.4 Å². The third-order valence-corrected chi connectivity index (χ3v) is 6.01. The summed E-state index contributed by atoms with van der Waals surface area (Å²) in [4.78, 5) is 35.8. The minimum Gasteiger partial charge on any atom is -0.338 e. The molecule has 0 spiro atoms. The molecule has 148 valence electrons. The van der Waals surface area contributed by atoms with Gasteiger partial charge in [0.25, 0.3) is 11.5 Å². The maximum atomic E-state index is 13.1. The molecule has 0 unspecified atom stereocenters. The topological polar surface area (TPSA) is 91.9 Å². The predicted octanol–water partition coefficient (Wildman–Crippen LogP) is 2.44. The van der Waals surface area contributed by atoms with E-state index in [0.717, 1.165) is 23.2 Å². The number of likely N-dealkylation sites (tertiary alicyclic amines) is 1. The molecule has 1 saturated heterocycles. The molecular weight excluding hydrogens is 378 g/mol. The molecule has 0 N–H and O–H groups in total. The molecule has 2 aliphatic heterocycles. The van der Waals surface area contributed by atoms with Crippen molar-refractivity contribution in [3.05, 3.63) is 82.3 Å². The first-order chi connectivity index (χ1) is 14.6. The van der Waals surface area contributed by atoms with Crippen LogP contribution < -0.4 is 5.56 Å². The largest absolute Gasteiger partial charge is 0.338 e. The molecule has 1 aromatic carbocycles. The summed E-state index contributed by atoms with van der Waals surface area (Å²) >= 11 is 0. The normalized spacial score (nSPS) is 19.6. The molecule has 0 aliphatic carbocycles. The molecule has 2 aliphatic rings. The average molecular weight is 397 g/mol. The zero-order chi connectivity index (χ0) is 20.7. The van der Waals surface area contributed by atoms with E-state index in [4.69, 9.17) is 5.26 Å². The summed E-state index contributed by atoms with van der Waals surface area (Å²) in [5.41, 5.74) is 3.89. The molecule has 7 nitrogen and oxygen atoms in total. The number of nitriles is 1. The number of piperidine rings is 1. The lowest BCUT2D eigenvalue weighted by Gasteiger charge is -2.43. The molecule has 30 heavy (non-hydrogen) atoms. The van der Waals surface area contributed by atoms with Gasteiger partial charge < -0.3 is 9.47 Å². The lowest BCUT2D eigenvalue weighted by atomic mass is 9.80. The van der Waals surface area contributed by atoms with Crippen LogP contribution in [0.25, 0.3) is 11.1 Å². The van der Waals surface area contributed by atoms with Gasteiger partial charge in [0, 0.05) is 66.4 Å². The zero-order valence-electron chi connectivity index (χ0n) is 16.2. The number of rotatable bonds is 2. The number of nitrogens with zero attached hydrogens (tertiary/aromatic N) is 5.